The molecular formula is C24H27F2N7O3. The molecule has 6 rings (SSSR count). The van der Waals surface area contributed by atoms with E-state index < -0.39 is 6.43 Å². The monoisotopic (exact) mass is 499 g/mol. The summed E-state index contributed by atoms with van der Waals surface area (Å²) < 4.78 is 33.8. The fourth-order valence-electron chi connectivity index (χ4n) is 6.10. The Morgan fingerprint density at radius 3 is 2.00 bits per heavy atom. The lowest BCUT2D eigenvalue weighted by Gasteiger charge is -2.47. The second kappa shape index (κ2) is 8.99. The van der Waals surface area contributed by atoms with E-state index in [0.29, 0.717) is 25.1 Å². The van der Waals surface area contributed by atoms with Crippen molar-refractivity contribution in [3.05, 3.63) is 17.8 Å². The number of nitrogens with two attached hydrogens (primary N) is 1. The van der Waals surface area contributed by atoms with E-state index in [4.69, 9.17) is 15.5 Å². The molecule has 2 aromatic rings. The molecule has 0 saturated carbocycles. The average molecular weight is 500 g/mol. The van der Waals surface area contributed by atoms with Crippen molar-refractivity contribution in [3.8, 4) is 11.4 Å². The quantitative estimate of drug-likeness (QED) is 0.670. The van der Waals surface area contributed by atoms with Gasteiger partial charge in [0.1, 0.15) is 17.4 Å². The Morgan fingerprint density at radius 1 is 0.889 bits per heavy atom. The zero-order valence-corrected chi connectivity index (χ0v) is 19.6. The minimum atomic E-state index is -2.80. The Bertz CT molecular complexity index is 1150. The summed E-state index contributed by atoms with van der Waals surface area (Å²) in [4.78, 5) is 46.9. The van der Waals surface area contributed by atoms with Crippen molar-refractivity contribution < 1.29 is 23.1 Å². The van der Waals surface area contributed by atoms with Crippen molar-refractivity contribution in [1.29, 1.82) is 0 Å². The van der Waals surface area contributed by atoms with Gasteiger partial charge in [0.25, 0.3) is 6.43 Å². The predicted molar refractivity (Wildman–Crippen MR) is 126 cm³/mol. The molecule has 4 fully saturated rings. The van der Waals surface area contributed by atoms with Crippen molar-refractivity contribution in [2.75, 3.05) is 28.7 Å². The molecule has 0 aromatic carbocycles. The second-order valence-corrected chi connectivity index (χ2v) is 10.0. The summed E-state index contributed by atoms with van der Waals surface area (Å²) in [5.41, 5.74) is 5.47. The number of ketones is 2. The minimum Gasteiger partial charge on any atom is -0.384 e. The number of anilines is 3. The predicted octanol–water partition coefficient (Wildman–Crippen LogP) is 2.48. The van der Waals surface area contributed by atoms with E-state index in [1.165, 1.54) is 6.20 Å². The van der Waals surface area contributed by atoms with E-state index in [2.05, 4.69) is 19.9 Å². The molecule has 190 valence electrons. The smallest absolute Gasteiger partial charge is 0.264 e. The molecule has 4 saturated heterocycles. The van der Waals surface area contributed by atoms with Gasteiger partial charge in [0.15, 0.2) is 5.82 Å². The van der Waals surface area contributed by atoms with Crippen molar-refractivity contribution in [3.63, 3.8) is 0 Å². The number of piperidine rings is 3. The van der Waals surface area contributed by atoms with Gasteiger partial charge in [0, 0.05) is 55.1 Å². The Kier molecular flexibility index (Phi) is 5.78. The first-order valence-corrected chi connectivity index (χ1v) is 12.3. The van der Waals surface area contributed by atoms with Crippen LogP contribution in [0, 0.1) is 0 Å². The number of rotatable bonds is 4. The number of Topliss-reactive ketones (excluding diaryl/α,β-unsaturated/α-hetero) is 2. The number of halogens is 2. The molecular weight excluding hydrogens is 472 g/mol. The summed E-state index contributed by atoms with van der Waals surface area (Å²) >= 11 is 0. The number of aromatic nitrogens is 4. The molecule has 0 amide bonds. The first-order chi connectivity index (χ1) is 17.4. The third-order valence-corrected chi connectivity index (χ3v) is 7.63. The van der Waals surface area contributed by atoms with Gasteiger partial charge in [-0.15, -0.1) is 0 Å². The number of nitrogens with zero attached hydrogens (tertiary/aromatic N) is 6. The molecule has 6 heterocycles. The number of morpholine rings is 1. The SMILES string of the molecule is Nc1cc(C(F)F)c(-c2nc(N3C4CCCC3COC4)nc(N3C4CC(=O)CC3CC(=O)C4)n2)cn1. The Balaban J connectivity index is 1.50. The summed E-state index contributed by atoms with van der Waals surface area (Å²) in [6, 6.07) is 0.569. The maximum Gasteiger partial charge on any atom is 0.264 e. The van der Waals surface area contributed by atoms with Crippen LogP contribution < -0.4 is 15.5 Å². The second-order valence-electron chi connectivity index (χ2n) is 10.0. The fraction of sp³-hybridized carbons (Fsp3) is 0.583. The van der Waals surface area contributed by atoms with Crippen molar-refractivity contribution in [2.45, 2.75) is 75.5 Å². The molecule has 0 spiro atoms. The van der Waals surface area contributed by atoms with E-state index in [9.17, 15) is 18.4 Å². The van der Waals surface area contributed by atoms with E-state index in [-0.39, 0.29) is 84.2 Å². The lowest BCUT2D eigenvalue weighted by atomic mass is 9.83. The average Bonchev–Trinajstić information content (AvgIpc) is 2.82. The molecule has 2 atom stereocenters. The lowest BCUT2D eigenvalue weighted by molar-refractivity contribution is -0.126. The third kappa shape index (κ3) is 4.06. The number of carbonyl (C=O) groups excluding carboxylic acids is 2. The molecule has 10 nitrogen and oxygen atoms in total. The van der Waals surface area contributed by atoms with Crippen LogP contribution in [0.25, 0.3) is 11.4 Å². The summed E-state index contributed by atoms with van der Waals surface area (Å²) in [6.45, 7) is 1.08. The molecule has 36 heavy (non-hydrogen) atoms. The summed E-state index contributed by atoms with van der Waals surface area (Å²) in [5.74, 6) is 0.956. The van der Waals surface area contributed by atoms with Gasteiger partial charge in [0.2, 0.25) is 11.9 Å². The van der Waals surface area contributed by atoms with Gasteiger partial charge in [0.05, 0.1) is 25.3 Å². The largest absolute Gasteiger partial charge is 0.384 e. The molecule has 2 aromatic heterocycles. The molecule has 4 aliphatic rings. The number of fused-ring (bicyclic) bond motifs is 4. The highest BCUT2D eigenvalue weighted by Gasteiger charge is 2.43. The van der Waals surface area contributed by atoms with Gasteiger partial charge in [-0.3, -0.25) is 9.59 Å². The maximum absolute atomic E-state index is 14.0. The molecule has 2 N–H and O–H groups in total. The first kappa shape index (κ1) is 23.1. The minimum absolute atomic E-state index is 0.0196. The Labute approximate surface area is 206 Å². The topological polar surface area (TPSA) is 127 Å². The number of hydrogen-bond acceptors (Lipinski definition) is 10. The number of hydrogen-bond donors (Lipinski definition) is 1. The van der Waals surface area contributed by atoms with Gasteiger partial charge in [-0.2, -0.15) is 15.0 Å². The van der Waals surface area contributed by atoms with Crippen LogP contribution in [0.3, 0.4) is 0 Å². The van der Waals surface area contributed by atoms with E-state index in [0.717, 1.165) is 25.3 Å². The van der Waals surface area contributed by atoms with Crippen molar-refractivity contribution in [2.24, 2.45) is 0 Å². The van der Waals surface area contributed by atoms with Crippen LogP contribution in [0.4, 0.5) is 26.5 Å². The normalized spacial score (nSPS) is 28.1. The first-order valence-electron chi connectivity index (χ1n) is 12.3. The van der Waals surface area contributed by atoms with Crippen LogP contribution in [0.15, 0.2) is 12.3 Å². The van der Waals surface area contributed by atoms with Crippen molar-refractivity contribution in [1.82, 2.24) is 19.9 Å². The van der Waals surface area contributed by atoms with Gasteiger partial charge in [-0.05, 0) is 25.3 Å². The van der Waals surface area contributed by atoms with Crippen LogP contribution in [0.2, 0.25) is 0 Å². The number of nitrogen functional groups attached to an aromatic ring is 1. The summed E-state index contributed by atoms with van der Waals surface area (Å²) in [5, 5.41) is 0. The summed E-state index contributed by atoms with van der Waals surface area (Å²) in [6.07, 6.45) is 2.27. The molecule has 0 radical (unpaired) electrons. The highest BCUT2D eigenvalue weighted by Crippen LogP contribution is 2.38. The number of alkyl halides is 2. The number of carbonyl (C=O) groups is 2. The molecule has 4 bridgehead atoms. The Morgan fingerprint density at radius 2 is 1.44 bits per heavy atom. The third-order valence-electron chi connectivity index (χ3n) is 7.63. The Hall–Kier alpha value is -3.28. The molecule has 0 aliphatic carbocycles. The highest BCUT2D eigenvalue weighted by atomic mass is 19.3. The molecule has 2 unspecified atom stereocenters. The molecule has 4 aliphatic heterocycles. The van der Waals surface area contributed by atoms with Crippen LogP contribution in [0.1, 0.15) is 56.9 Å². The van der Waals surface area contributed by atoms with Gasteiger partial charge in [-0.1, -0.05) is 0 Å². The zero-order chi connectivity index (χ0) is 25.0. The highest BCUT2D eigenvalue weighted by molar-refractivity contribution is 5.89. The van der Waals surface area contributed by atoms with Gasteiger partial charge >= 0.3 is 0 Å². The maximum atomic E-state index is 14.0. The fourth-order valence-corrected chi connectivity index (χ4v) is 6.10. The number of ether oxygens (including phenoxy) is 1. The number of pyridine rings is 1. The van der Waals surface area contributed by atoms with Gasteiger partial charge in [-0.25, -0.2) is 13.8 Å². The standard InChI is InChI=1S/C24H27F2N7O3/c25-21(26)18-8-20(27)28-9-19(18)22-29-23(32-12-2-1-3-13(32)11-36-10-12)31-24(30-22)33-14-4-16(34)6-15(33)7-17(35)5-14/h8-9,12-15,21H,1-7,10-11H2,(H2,27,28). The summed E-state index contributed by atoms with van der Waals surface area (Å²) in [7, 11) is 0. The van der Waals surface area contributed by atoms with Crippen LogP contribution in [0.5, 0.6) is 0 Å². The van der Waals surface area contributed by atoms with Crippen molar-refractivity contribution >= 4 is 29.3 Å². The lowest BCUT2D eigenvalue weighted by Crippen LogP contribution is -2.57. The van der Waals surface area contributed by atoms with Crippen LogP contribution >= 0.6 is 0 Å². The van der Waals surface area contributed by atoms with Crippen LogP contribution in [-0.2, 0) is 14.3 Å². The zero-order valence-electron chi connectivity index (χ0n) is 19.6. The van der Waals surface area contributed by atoms with E-state index in [1.54, 1.807) is 0 Å². The van der Waals surface area contributed by atoms with Gasteiger partial charge < -0.3 is 20.3 Å². The van der Waals surface area contributed by atoms with E-state index in [1.807, 2.05) is 4.90 Å². The van der Waals surface area contributed by atoms with E-state index >= 15 is 0 Å². The van der Waals surface area contributed by atoms with Crippen LogP contribution in [-0.4, -0.2) is 68.9 Å². The molecule has 12 heteroatoms.